The van der Waals surface area contributed by atoms with E-state index in [0.29, 0.717) is 17.2 Å². The Labute approximate surface area is 242 Å². The van der Waals surface area contributed by atoms with Crippen LogP contribution < -0.4 is 5.73 Å². The Morgan fingerprint density at radius 3 is 2.61 bits per heavy atom. The van der Waals surface area contributed by atoms with E-state index in [2.05, 4.69) is 29.9 Å². The zero-order chi connectivity index (χ0) is 29.5. The topological polar surface area (TPSA) is 87.7 Å². The van der Waals surface area contributed by atoms with E-state index in [0.717, 1.165) is 74.9 Å². The summed E-state index contributed by atoms with van der Waals surface area (Å²) in [6, 6.07) is 4.13. The molecule has 1 atom stereocenters. The van der Waals surface area contributed by atoms with Crippen LogP contribution in [0, 0.1) is 24.1 Å². The van der Waals surface area contributed by atoms with Gasteiger partial charge in [0.1, 0.15) is 5.82 Å². The van der Waals surface area contributed by atoms with E-state index >= 15 is 0 Å². The lowest BCUT2D eigenvalue weighted by molar-refractivity contribution is 0.0754. The molecule has 0 aliphatic carbocycles. The summed E-state index contributed by atoms with van der Waals surface area (Å²) in [5.74, 6) is -0.127. The van der Waals surface area contributed by atoms with E-state index in [1.54, 1.807) is 22.9 Å². The van der Waals surface area contributed by atoms with Gasteiger partial charge in [-0.2, -0.15) is 0 Å². The van der Waals surface area contributed by atoms with Crippen molar-refractivity contribution >= 4 is 22.8 Å². The molecule has 2 aliphatic rings. The van der Waals surface area contributed by atoms with Gasteiger partial charge < -0.3 is 25.0 Å². The van der Waals surface area contributed by atoms with Crippen molar-refractivity contribution in [3.8, 4) is 5.69 Å². The summed E-state index contributed by atoms with van der Waals surface area (Å²) in [5.41, 5.74) is 9.93. The zero-order valence-electron chi connectivity index (χ0n) is 25.0. The number of hydrogen-bond donors (Lipinski definition) is 1. The number of nitrogens with zero attached hydrogens (tertiary/aromatic N) is 5. The fourth-order valence-electron chi connectivity index (χ4n) is 6.61. The van der Waals surface area contributed by atoms with E-state index < -0.39 is 5.82 Å². The summed E-state index contributed by atoms with van der Waals surface area (Å²) in [5, 5.41) is 1.16. The smallest absolute Gasteiger partial charge is 0.314 e. The molecule has 5 rings (SSSR count). The monoisotopic (exact) mass is 562 g/mol. The Hall–Kier alpha value is -3.46. The number of nitrogens with two attached hydrogens (primary N) is 1. The Bertz CT molecular complexity index is 1440. The molecule has 9 heteroatoms. The number of carbonyl (C=O) groups excluding carboxylic acids is 2. The molecule has 0 radical (unpaired) electrons. The van der Waals surface area contributed by atoms with E-state index in [1.165, 1.54) is 17.7 Å². The van der Waals surface area contributed by atoms with Crippen molar-refractivity contribution in [3.63, 3.8) is 0 Å². The summed E-state index contributed by atoms with van der Waals surface area (Å²) in [6.07, 6.45) is 9.86. The quantitative estimate of drug-likeness (QED) is 0.439. The molecule has 0 saturated carbocycles. The molecule has 220 valence electrons. The van der Waals surface area contributed by atoms with Crippen molar-refractivity contribution in [1.29, 1.82) is 0 Å². The van der Waals surface area contributed by atoms with E-state index in [1.807, 2.05) is 30.8 Å². The number of amides is 3. The van der Waals surface area contributed by atoms with E-state index in [9.17, 15) is 14.0 Å². The minimum Gasteiger partial charge on any atom is -0.351 e. The standard InChI is InChI=1S/C32H43FN6O2/c1-21(2)36(5)30(40)26-15-25(33)6-7-27(26)39-19-24(29-22(3)16-35-17-28(29)39)14-23-8-11-37(18-23)20-32(4)9-12-38(13-10-32)31(34)41/h6-7,15-17,19,21,23H,8-14,18,20H2,1-5H3,(H2,34,41)/t23-/m0/s1. The Morgan fingerprint density at radius 2 is 1.93 bits per heavy atom. The van der Waals surface area contributed by atoms with Crippen LogP contribution in [0.5, 0.6) is 0 Å². The number of fused-ring (bicyclic) bond motifs is 1. The van der Waals surface area contributed by atoms with Gasteiger partial charge in [0.25, 0.3) is 5.91 Å². The average Bonchev–Trinajstić information content (AvgIpc) is 3.52. The first-order valence-corrected chi connectivity index (χ1v) is 14.7. The van der Waals surface area contributed by atoms with E-state index in [4.69, 9.17) is 5.73 Å². The van der Waals surface area contributed by atoms with Gasteiger partial charge in [-0.3, -0.25) is 9.78 Å². The highest BCUT2D eigenvalue weighted by atomic mass is 19.1. The number of aryl methyl sites for hydroxylation is 1. The first-order chi connectivity index (χ1) is 19.5. The molecular formula is C32H43FN6O2. The highest BCUT2D eigenvalue weighted by Gasteiger charge is 2.35. The maximum absolute atomic E-state index is 14.4. The predicted octanol–water partition coefficient (Wildman–Crippen LogP) is 5.00. The molecule has 1 aromatic carbocycles. The molecule has 0 unspecified atom stereocenters. The van der Waals surface area contributed by atoms with Crippen LogP contribution in [0.1, 0.15) is 61.5 Å². The molecule has 2 N–H and O–H groups in total. The molecule has 8 nitrogen and oxygen atoms in total. The van der Waals surface area contributed by atoms with Gasteiger partial charge in [0.15, 0.2) is 0 Å². The Kier molecular flexibility index (Phi) is 8.10. The van der Waals surface area contributed by atoms with Crippen LogP contribution in [-0.4, -0.2) is 82.0 Å². The SMILES string of the molecule is Cc1cncc2c1c(C[C@@H]1CCN(CC3(C)CCN(C(N)=O)CC3)C1)cn2-c1ccc(F)cc1C(=O)N(C)C(C)C. The van der Waals surface area contributed by atoms with Crippen molar-refractivity contribution in [2.75, 3.05) is 39.8 Å². The third-order valence-corrected chi connectivity index (χ3v) is 9.29. The Morgan fingerprint density at radius 1 is 1.20 bits per heavy atom. The lowest BCUT2D eigenvalue weighted by Gasteiger charge is -2.41. The Balaban J connectivity index is 1.39. The lowest BCUT2D eigenvalue weighted by Crippen LogP contribution is -2.47. The number of benzene rings is 1. The van der Waals surface area contributed by atoms with Gasteiger partial charge in [0.05, 0.1) is 23.0 Å². The van der Waals surface area contributed by atoms with Gasteiger partial charge in [-0.05, 0) is 93.7 Å². The first kappa shape index (κ1) is 29.0. The van der Waals surface area contributed by atoms with Crippen LogP contribution in [0.15, 0.2) is 36.8 Å². The van der Waals surface area contributed by atoms with Gasteiger partial charge in [0, 0.05) is 57.0 Å². The predicted molar refractivity (Wildman–Crippen MR) is 160 cm³/mol. The van der Waals surface area contributed by atoms with Crippen LogP contribution >= 0.6 is 0 Å². The number of hydrogen-bond acceptors (Lipinski definition) is 4. The van der Waals surface area contributed by atoms with Crippen LogP contribution in [-0.2, 0) is 6.42 Å². The molecule has 2 saturated heterocycles. The van der Waals surface area contributed by atoms with Crippen molar-refractivity contribution in [2.24, 2.45) is 17.1 Å². The largest absolute Gasteiger partial charge is 0.351 e. The fraction of sp³-hybridized carbons (Fsp3) is 0.531. The minimum absolute atomic E-state index is 0.0113. The summed E-state index contributed by atoms with van der Waals surface area (Å²) in [7, 11) is 1.75. The number of pyridine rings is 1. The van der Waals surface area contributed by atoms with Gasteiger partial charge in [-0.1, -0.05) is 6.92 Å². The number of rotatable bonds is 7. The number of urea groups is 1. The molecule has 2 aliphatic heterocycles. The summed E-state index contributed by atoms with van der Waals surface area (Å²) in [6.45, 7) is 12.9. The van der Waals surface area contributed by atoms with Gasteiger partial charge in [-0.25, -0.2) is 9.18 Å². The second kappa shape index (κ2) is 11.4. The van der Waals surface area contributed by atoms with E-state index in [-0.39, 0.29) is 23.4 Å². The first-order valence-electron chi connectivity index (χ1n) is 14.7. The van der Waals surface area contributed by atoms with Crippen LogP contribution in [0.25, 0.3) is 16.6 Å². The fourth-order valence-corrected chi connectivity index (χ4v) is 6.61. The molecule has 0 spiro atoms. The second-order valence-electron chi connectivity index (χ2n) is 12.8. The van der Waals surface area contributed by atoms with Crippen LogP contribution in [0.4, 0.5) is 9.18 Å². The number of carbonyl (C=O) groups is 2. The summed E-state index contributed by atoms with van der Waals surface area (Å²) < 4.78 is 16.4. The molecular weight excluding hydrogens is 519 g/mol. The third-order valence-electron chi connectivity index (χ3n) is 9.29. The number of likely N-dealkylation sites (tertiary alicyclic amines) is 2. The third kappa shape index (κ3) is 5.96. The lowest BCUT2D eigenvalue weighted by atomic mass is 9.80. The van der Waals surface area contributed by atoms with Crippen molar-refractivity contribution < 1.29 is 14.0 Å². The number of aromatic nitrogens is 2. The van der Waals surface area contributed by atoms with Crippen molar-refractivity contribution in [2.45, 2.75) is 59.4 Å². The van der Waals surface area contributed by atoms with Crippen LogP contribution in [0.3, 0.4) is 0 Å². The highest BCUT2D eigenvalue weighted by Crippen LogP contribution is 2.36. The molecule has 41 heavy (non-hydrogen) atoms. The maximum atomic E-state index is 14.4. The van der Waals surface area contributed by atoms with Gasteiger partial charge in [0.2, 0.25) is 0 Å². The molecule has 4 heterocycles. The van der Waals surface area contributed by atoms with Crippen molar-refractivity contribution in [3.05, 3.63) is 59.3 Å². The normalized spacial score (nSPS) is 19.3. The highest BCUT2D eigenvalue weighted by molar-refractivity contribution is 5.99. The number of primary amides is 1. The zero-order valence-corrected chi connectivity index (χ0v) is 25.0. The maximum Gasteiger partial charge on any atom is 0.314 e. The minimum atomic E-state index is -0.430. The average molecular weight is 563 g/mol. The van der Waals surface area contributed by atoms with Crippen LogP contribution in [0.2, 0.25) is 0 Å². The molecule has 3 amide bonds. The molecule has 2 aromatic heterocycles. The molecule has 3 aromatic rings. The summed E-state index contributed by atoms with van der Waals surface area (Å²) in [4.78, 5) is 35.4. The van der Waals surface area contributed by atoms with Crippen molar-refractivity contribution in [1.82, 2.24) is 24.3 Å². The number of piperidine rings is 1. The summed E-state index contributed by atoms with van der Waals surface area (Å²) >= 11 is 0. The van der Waals surface area contributed by atoms with Gasteiger partial charge >= 0.3 is 6.03 Å². The second-order valence-corrected chi connectivity index (χ2v) is 12.8. The molecule has 2 fully saturated rings. The number of halogens is 1. The molecule has 0 bridgehead atoms. The van der Waals surface area contributed by atoms with Gasteiger partial charge in [-0.15, -0.1) is 0 Å².